The van der Waals surface area contributed by atoms with Crippen molar-refractivity contribution in [3.8, 4) is 23.0 Å². The van der Waals surface area contributed by atoms with Gasteiger partial charge >= 0.3 is 0 Å². The van der Waals surface area contributed by atoms with Gasteiger partial charge in [0.2, 0.25) is 5.88 Å². The van der Waals surface area contributed by atoms with E-state index in [0.717, 1.165) is 33.7 Å². The highest BCUT2D eigenvalue weighted by Gasteiger charge is 2.10. The van der Waals surface area contributed by atoms with Crippen LogP contribution in [0.25, 0.3) is 29.7 Å². The number of nitrogens with zero attached hydrogens (tertiary/aromatic N) is 2. The lowest BCUT2D eigenvalue weighted by molar-refractivity contribution is 0.456. The van der Waals surface area contributed by atoms with Crippen LogP contribution in [0, 0.1) is 6.92 Å². The molecule has 0 bridgehead atoms. The number of benzene rings is 2. The van der Waals surface area contributed by atoms with Crippen molar-refractivity contribution in [2.45, 2.75) is 20.3 Å². The van der Waals surface area contributed by atoms with Gasteiger partial charge in [-0.05, 0) is 60.9 Å². The minimum Gasteiger partial charge on any atom is -0.438 e. The van der Waals surface area contributed by atoms with Crippen LogP contribution >= 0.6 is 11.6 Å². The van der Waals surface area contributed by atoms with Gasteiger partial charge in [-0.2, -0.15) is 4.98 Å². The second kappa shape index (κ2) is 9.39. The number of aromatic nitrogens is 2. The summed E-state index contributed by atoms with van der Waals surface area (Å²) < 4.78 is 6.22. The van der Waals surface area contributed by atoms with Gasteiger partial charge in [0, 0.05) is 23.8 Å². The summed E-state index contributed by atoms with van der Waals surface area (Å²) in [6.45, 7) is 7.99. The van der Waals surface area contributed by atoms with Crippen LogP contribution < -0.4 is 20.6 Å². The summed E-state index contributed by atoms with van der Waals surface area (Å²) in [5.41, 5.74) is 3.03. The molecule has 0 aliphatic rings. The lowest BCUT2D eigenvalue weighted by Crippen LogP contribution is -2.33. The van der Waals surface area contributed by atoms with Crippen molar-refractivity contribution in [1.82, 2.24) is 15.3 Å². The molecule has 1 aromatic heterocycles. The summed E-state index contributed by atoms with van der Waals surface area (Å²) in [5.74, 6) is 1.76. The van der Waals surface area contributed by atoms with Gasteiger partial charge in [-0.25, -0.2) is 4.98 Å². The Hall–Kier alpha value is -3.11. The second-order valence-corrected chi connectivity index (χ2v) is 6.96. The fourth-order valence-corrected chi connectivity index (χ4v) is 3.04. The van der Waals surface area contributed by atoms with Gasteiger partial charge in [0.1, 0.15) is 5.75 Å². The molecular formula is C24H24ClN3O. The Morgan fingerprint density at radius 1 is 1.14 bits per heavy atom. The Kier molecular flexibility index (Phi) is 6.68. The van der Waals surface area contributed by atoms with Crippen molar-refractivity contribution < 1.29 is 4.74 Å². The summed E-state index contributed by atoms with van der Waals surface area (Å²) in [6, 6.07) is 13.4. The highest BCUT2D eigenvalue weighted by atomic mass is 35.5. The number of nitrogens with one attached hydrogen (secondary N) is 1. The van der Waals surface area contributed by atoms with Gasteiger partial charge in [-0.15, -0.1) is 0 Å². The molecule has 148 valence electrons. The molecule has 0 saturated heterocycles. The normalized spacial score (nSPS) is 12.1. The summed E-state index contributed by atoms with van der Waals surface area (Å²) in [4.78, 5) is 9.47. The molecular weight excluding hydrogens is 382 g/mol. The molecule has 3 aromatic rings. The van der Waals surface area contributed by atoms with Crippen LogP contribution in [0.4, 0.5) is 0 Å². The molecule has 2 aromatic carbocycles. The minimum absolute atomic E-state index is 0.484. The van der Waals surface area contributed by atoms with Crippen molar-refractivity contribution in [2.75, 3.05) is 7.05 Å². The third kappa shape index (κ3) is 4.84. The summed E-state index contributed by atoms with van der Waals surface area (Å²) in [6.07, 6.45) is 6.57. The third-order valence-electron chi connectivity index (χ3n) is 4.41. The average Bonchev–Trinajstić information content (AvgIpc) is 2.72. The monoisotopic (exact) mass is 405 g/mol. The van der Waals surface area contributed by atoms with Crippen molar-refractivity contribution >= 4 is 30.0 Å². The standard InChI is InChI=1S/C24H24ClN3O/c1-5-7-22-21(15-26-4)24(29-20-13-8-16(3)17(6-2)14-20)28-23(27-22)18-9-11-19(25)12-10-18/h6-15,26H,2,5H2,1,3-4H3/b21-15+,22-7+. The van der Waals surface area contributed by atoms with Crippen molar-refractivity contribution in [3.63, 3.8) is 0 Å². The molecule has 0 spiro atoms. The first kappa shape index (κ1) is 20.6. The molecule has 29 heavy (non-hydrogen) atoms. The average molecular weight is 406 g/mol. The van der Waals surface area contributed by atoms with E-state index in [1.165, 1.54) is 0 Å². The largest absolute Gasteiger partial charge is 0.438 e. The maximum Gasteiger partial charge on any atom is 0.232 e. The molecule has 0 amide bonds. The SMILES string of the molecule is C=Cc1cc(Oc2nc(-c3ccc(Cl)cc3)nc(=C/CC)/c2=C\NC)ccc1C. The Morgan fingerprint density at radius 3 is 2.55 bits per heavy atom. The fraction of sp³-hybridized carbons (Fsp3) is 0.167. The molecule has 4 nitrogen and oxygen atoms in total. The Balaban J connectivity index is 2.20. The summed E-state index contributed by atoms with van der Waals surface area (Å²) in [7, 11) is 1.84. The number of halogens is 1. The van der Waals surface area contributed by atoms with E-state index >= 15 is 0 Å². The van der Waals surface area contributed by atoms with Gasteiger partial charge in [0.25, 0.3) is 0 Å². The van der Waals surface area contributed by atoms with Crippen molar-refractivity contribution in [1.29, 1.82) is 0 Å². The van der Waals surface area contributed by atoms with Crippen LogP contribution in [0.15, 0.2) is 49.0 Å². The van der Waals surface area contributed by atoms with Gasteiger partial charge in [0.05, 0.1) is 10.6 Å². The lowest BCUT2D eigenvalue weighted by atomic mass is 10.1. The van der Waals surface area contributed by atoms with Crippen LogP contribution in [-0.2, 0) is 0 Å². The fourth-order valence-electron chi connectivity index (χ4n) is 2.91. The molecule has 1 heterocycles. The zero-order valence-electron chi connectivity index (χ0n) is 16.9. The van der Waals surface area contributed by atoms with Crippen molar-refractivity contribution in [3.05, 3.63) is 75.8 Å². The van der Waals surface area contributed by atoms with Gasteiger partial charge in [0.15, 0.2) is 5.82 Å². The van der Waals surface area contributed by atoms with E-state index in [-0.39, 0.29) is 0 Å². The predicted octanol–water partition coefficient (Wildman–Crippen LogP) is 4.69. The van der Waals surface area contributed by atoms with Gasteiger partial charge in [-0.1, -0.05) is 43.3 Å². The molecule has 0 unspecified atom stereocenters. The summed E-state index contributed by atoms with van der Waals surface area (Å²) in [5, 5.41) is 5.35. The van der Waals surface area contributed by atoms with Gasteiger partial charge < -0.3 is 10.1 Å². The first-order chi connectivity index (χ1) is 14.0. The maximum atomic E-state index is 6.22. The van der Waals surface area contributed by atoms with Crippen LogP contribution in [0.5, 0.6) is 11.6 Å². The number of hydrogen-bond acceptors (Lipinski definition) is 4. The van der Waals surface area contributed by atoms with Gasteiger partial charge in [-0.3, -0.25) is 0 Å². The van der Waals surface area contributed by atoms with Crippen LogP contribution in [0.1, 0.15) is 24.5 Å². The molecule has 0 atom stereocenters. The smallest absolute Gasteiger partial charge is 0.232 e. The van der Waals surface area contributed by atoms with Crippen molar-refractivity contribution in [2.24, 2.45) is 0 Å². The van der Waals surface area contributed by atoms with Crippen LogP contribution in [0.2, 0.25) is 5.02 Å². The highest BCUT2D eigenvalue weighted by Crippen LogP contribution is 2.23. The third-order valence-corrected chi connectivity index (χ3v) is 4.67. The molecule has 1 N–H and O–H groups in total. The maximum absolute atomic E-state index is 6.22. The van der Waals surface area contributed by atoms with E-state index in [4.69, 9.17) is 26.3 Å². The Labute approximate surface area is 176 Å². The topological polar surface area (TPSA) is 47.0 Å². The molecule has 0 saturated carbocycles. The van der Waals surface area contributed by atoms with Crippen LogP contribution in [-0.4, -0.2) is 17.0 Å². The zero-order valence-corrected chi connectivity index (χ0v) is 17.6. The Morgan fingerprint density at radius 2 is 1.90 bits per heavy atom. The molecule has 0 aliphatic heterocycles. The minimum atomic E-state index is 0.484. The van der Waals surface area contributed by atoms with E-state index in [1.807, 2.05) is 68.7 Å². The molecule has 0 aliphatic carbocycles. The predicted molar refractivity (Wildman–Crippen MR) is 121 cm³/mol. The first-order valence-corrected chi connectivity index (χ1v) is 9.86. The van der Waals surface area contributed by atoms with E-state index in [0.29, 0.717) is 22.5 Å². The molecule has 0 fully saturated rings. The zero-order chi connectivity index (χ0) is 20.8. The van der Waals surface area contributed by atoms with E-state index in [9.17, 15) is 0 Å². The molecule has 5 heteroatoms. The van der Waals surface area contributed by atoms with E-state index < -0.39 is 0 Å². The van der Waals surface area contributed by atoms with E-state index in [1.54, 1.807) is 0 Å². The molecule has 0 radical (unpaired) electrons. The number of hydrogen-bond donors (Lipinski definition) is 1. The number of rotatable bonds is 6. The van der Waals surface area contributed by atoms with Crippen LogP contribution in [0.3, 0.4) is 0 Å². The Bertz CT molecular complexity index is 1140. The second-order valence-electron chi connectivity index (χ2n) is 6.53. The highest BCUT2D eigenvalue weighted by molar-refractivity contribution is 6.30. The number of aryl methyl sites for hydroxylation is 1. The first-order valence-electron chi connectivity index (χ1n) is 9.48. The summed E-state index contributed by atoms with van der Waals surface area (Å²) >= 11 is 6.03. The lowest BCUT2D eigenvalue weighted by Gasteiger charge is -2.10. The van der Waals surface area contributed by atoms with E-state index in [2.05, 4.69) is 24.9 Å². The number of ether oxygens (including phenoxy) is 1. The molecule has 3 rings (SSSR count). The quantitative estimate of drug-likeness (QED) is 0.646.